The molecule has 15 heavy (non-hydrogen) atoms. The van der Waals surface area contributed by atoms with E-state index in [2.05, 4.69) is 10.3 Å². The van der Waals surface area contributed by atoms with Crippen LogP contribution in [0.4, 0.5) is 0 Å². The van der Waals surface area contributed by atoms with Crippen molar-refractivity contribution in [2.75, 3.05) is 0 Å². The molecule has 1 atom stereocenters. The molecule has 1 amide bonds. The number of rotatable bonds is 4. The number of hydrogen-bond donors (Lipinski definition) is 1. The summed E-state index contributed by atoms with van der Waals surface area (Å²) in [5.41, 5.74) is 0.522. The predicted molar refractivity (Wildman–Crippen MR) is 56.0 cm³/mol. The van der Waals surface area contributed by atoms with Crippen molar-refractivity contribution in [2.24, 2.45) is 0 Å². The molecule has 78 valence electrons. The van der Waals surface area contributed by atoms with Crippen LogP contribution in [0.1, 0.15) is 30.1 Å². The van der Waals surface area contributed by atoms with Crippen molar-refractivity contribution in [3.63, 3.8) is 0 Å². The minimum Gasteiger partial charge on any atom is -0.348 e. The van der Waals surface area contributed by atoms with Gasteiger partial charge in [-0.2, -0.15) is 5.26 Å². The summed E-state index contributed by atoms with van der Waals surface area (Å²) in [4.78, 5) is 15.5. The third kappa shape index (κ3) is 3.39. The van der Waals surface area contributed by atoms with Crippen LogP contribution in [0.2, 0.25) is 0 Å². The SMILES string of the molecule is CCC(CC#N)NC(=O)c1cccnc1. The second-order valence-electron chi connectivity index (χ2n) is 3.18. The number of nitrogens with one attached hydrogen (secondary N) is 1. The summed E-state index contributed by atoms with van der Waals surface area (Å²) < 4.78 is 0. The molecular weight excluding hydrogens is 190 g/mol. The number of carbonyl (C=O) groups excluding carboxylic acids is 1. The highest BCUT2D eigenvalue weighted by Gasteiger charge is 2.11. The van der Waals surface area contributed by atoms with Gasteiger partial charge in [0.05, 0.1) is 18.1 Å². The summed E-state index contributed by atoms with van der Waals surface area (Å²) in [7, 11) is 0. The van der Waals surface area contributed by atoms with Crippen LogP contribution in [0, 0.1) is 11.3 Å². The maximum atomic E-state index is 11.6. The van der Waals surface area contributed by atoms with Crippen LogP contribution in [-0.2, 0) is 0 Å². The van der Waals surface area contributed by atoms with Gasteiger partial charge in [0, 0.05) is 18.4 Å². The smallest absolute Gasteiger partial charge is 0.253 e. The molecule has 4 nitrogen and oxygen atoms in total. The van der Waals surface area contributed by atoms with E-state index in [-0.39, 0.29) is 11.9 Å². The molecule has 0 aliphatic carbocycles. The summed E-state index contributed by atoms with van der Waals surface area (Å²) in [5, 5.41) is 11.3. The van der Waals surface area contributed by atoms with E-state index in [1.165, 1.54) is 6.20 Å². The van der Waals surface area contributed by atoms with Gasteiger partial charge in [-0.3, -0.25) is 9.78 Å². The van der Waals surface area contributed by atoms with E-state index in [1.807, 2.05) is 13.0 Å². The number of pyridine rings is 1. The zero-order valence-corrected chi connectivity index (χ0v) is 8.60. The van der Waals surface area contributed by atoms with E-state index < -0.39 is 0 Å². The monoisotopic (exact) mass is 203 g/mol. The van der Waals surface area contributed by atoms with Crippen LogP contribution in [0.25, 0.3) is 0 Å². The fraction of sp³-hybridized carbons (Fsp3) is 0.364. The van der Waals surface area contributed by atoms with E-state index in [1.54, 1.807) is 18.3 Å². The fourth-order valence-corrected chi connectivity index (χ4v) is 1.17. The maximum absolute atomic E-state index is 11.6. The van der Waals surface area contributed by atoms with Gasteiger partial charge in [-0.05, 0) is 18.6 Å². The van der Waals surface area contributed by atoms with Crippen LogP contribution in [0.15, 0.2) is 24.5 Å². The molecule has 1 N–H and O–H groups in total. The Hall–Kier alpha value is -1.89. The molecule has 0 aliphatic rings. The number of nitriles is 1. The number of aromatic nitrogens is 1. The lowest BCUT2D eigenvalue weighted by molar-refractivity contribution is 0.0936. The molecule has 1 rings (SSSR count). The second-order valence-corrected chi connectivity index (χ2v) is 3.18. The maximum Gasteiger partial charge on any atom is 0.253 e. The van der Waals surface area contributed by atoms with Crippen LogP contribution < -0.4 is 5.32 Å². The van der Waals surface area contributed by atoms with Crippen molar-refractivity contribution in [1.29, 1.82) is 5.26 Å². The standard InChI is InChI=1S/C11H13N3O/c1-2-10(5-6-12)14-11(15)9-4-3-7-13-8-9/h3-4,7-8,10H,2,5H2,1H3,(H,14,15). The molecule has 1 heterocycles. The van der Waals surface area contributed by atoms with Gasteiger partial charge in [-0.1, -0.05) is 6.92 Å². The highest BCUT2D eigenvalue weighted by Crippen LogP contribution is 2.00. The highest BCUT2D eigenvalue weighted by molar-refractivity contribution is 5.93. The Morgan fingerprint density at radius 2 is 2.53 bits per heavy atom. The van der Waals surface area contributed by atoms with Gasteiger partial charge in [0.1, 0.15) is 0 Å². The Bertz CT molecular complexity index is 356. The van der Waals surface area contributed by atoms with Gasteiger partial charge in [-0.15, -0.1) is 0 Å². The van der Waals surface area contributed by atoms with E-state index >= 15 is 0 Å². The largest absolute Gasteiger partial charge is 0.348 e. The first kappa shape index (κ1) is 11.2. The Morgan fingerprint density at radius 1 is 1.73 bits per heavy atom. The van der Waals surface area contributed by atoms with Crippen LogP contribution in [-0.4, -0.2) is 16.9 Å². The Labute approximate surface area is 88.9 Å². The minimum absolute atomic E-state index is 0.0808. The quantitative estimate of drug-likeness (QED) is 0.806. The Balaban J connectivity index is 2.59. The van der Waals surface area contributed by atoms with E-state index in [0.717, 1.165) is 6.42 Å². The predicted octanol–water partition coefficient (Wildman–Crippen LogP) is 1.50. The van der Waals surface area contributed by atoms with E-state index in [9.17, 15) is 4.79 Å². The number of hydrogen-bond acceptors (Lipinski definition) is 3. The number of amides is 1. The van der Waals surface area contributed by atoms with Crippen molar-refractivity contribution >= 4 is 5.91 Å². The van der Waals surface area contributed by atoms with Crippen LogP contribution in [0.5, 0.6) is 0 Å². The molecule has 0 radical (unpaired) electrons. The van der Waals surface area contributed by atoms with Crippen LogP contribution >= 0.6 is 0 Å². The average Bonchev–Trinajstić information content (AvgIpc) is 2.29. The summed E-state index contributed by atoms with van der Waals surface area (Å²) in [6.45, 7) is 1.94. The first-order chi connectivity index (χ1) is 7.27. The third-order valence-electron chi connectivity index (χ3n) is 2.09. The van der Waals surface area contributed by atoms with Gasteiger partial charge in [0.25, 0.3) is 5.91 Å². The summed E-state index contributed by atoms with van der Waals surface area (Å²) >= 11 is 0. The molecule has 1 aromatic rings. The van der Waals surface area contributed by atoms with Gasteiger partial charge in [0.15, 0.2) is 0 Å². The van der Waals surface area contributed by atoms with Crippen LogP contribution in [0.3, 0.4) is 0 Å². The zero-order chi connectivity index (χ0) is 11.1. The lowest BCUT2D eigenvalue weighted by Crippen LogP contribution is -2.34. The molecule has 4 heteroatoms. The molecule has 0 saturated carbocycles. The third-order valence-corrected chi connectivity index (χ3v) is 2.09. The Kier molecular flexibility index (Phi) is 4.30. The van der Waals surface area contributed by atoms with Gasteiger partial charge in [0.2, 0.25) is 0 Å². The molecular formula is C11H13N3O. The normalized spacial score (nSPS) is 11.5. The first-order valence-corrected chi connectivity index (χ1v) is 4.85. The molecule has 0 saturated heterocycles. The van der Waals surface area contributed by atoms with Gasteiger partial charge >= 0.3 is 0 Å². The topological polar surface area (TPSA) is 65.8 Å². The highest BCUT2D eigenvalue weighted by atomic mass is 16.1. The van der Waals surface area contributed by atoms with Crippen molar-refractivity contribution < 1.29 is 4.79 Å². The summed E-state index contributed by atoms with van der Waals surface area (Å²) in [6.07, 6.45) is 4.21. The summed E-state index contributed by atoms with van der Waals surface area (Å²) in [6, 6.07) is 5.37. The first-order valence-electron chi connectivity index (χ1n) is 4.85. The van der Waals surface area contributed by atoms with E-state index in [0.29, 0.717) is 12.0 Å². The molecule has 0 fully saturated rings. The second kappa shape index (κ2) is 5.76. The minimum atomic E-state index is -0.176. The van der Waals surface area contributed by atoms with Crippen molar-refractivity contribution in [3.8, 4) is 6.07 Å². The Morgan fingerprint density at radius 3 is 3.07 bits per heavy atom. The number of carbonyl (C=O) groups is 1. The molecule has 1 unspecified atom stereocenters. The number of nitrogens with zero attached hydrogens (tertiary/aromatic N) is 2. The average molecular weight is 203 g/mol. The van der Waals surface area contributed by atoms with E-state index in [4.69, 9.17) is 5.26 Å². The van der Waals surface area contributed by atoms with Crippen molar-refractivity contribution in [2.45, 2.75) is 25.8 Å². The van der Waals surface area contributed by atoms with Crippen molar-refractivity contribution in [1.82, 2.24) is 10.3 Å². The molecule has 0 bridgehead atoms. The fourth-order valence-electron chi connectivity index (χ4n) is 1.17. The summed E-state index contributed by atoms with van der Waals surface area (Å²) in [5.74, 6) is -0.176. The van der Waals surface area contributed by atoms with Gasteiger partial charge < -0.3 is 5.32 Å². The molecule has 0 spiro atoms. The zero-order valence-electron chi connectivity index (χ0n) is 8.60. The molecule has 0 aliphatic heterocycles. The lowest BCUT2D eigenvalue weighted by Gasteiger charge is -2.12. The van der Waals surface area contributed by atoms with Crippen molar-refractivity contribution in [3.05, 3.63) is 30.1 Å². The van der Waals surface area contributed by atoms with Gasteiger partial charge in [-0.25, -0.2) is 0 Å². The lowest BCUT2D eigenvalue weighted by atomic mass is 10.1. The molecule has 0 aromatic carbocycles. The molecule has 1 aromatic heterocycles.